The third-order valence-electron chi connectivity index (χ3n) is 2.94. The highest BCUT2D eigenvalue weighted by Gasteiger charge is 2.23. The lowest BCUT2D eigenvalue weighted by atomic mass is 10.2. The zero-order chi connectivity index (χ0) is 13.8. The number of halogens is 1. The minimum absolute atomic E-state index is 0.00414. The van der Waals surface area contributed by atoms with Crippen LogP contribution in [0.4, 0.5) is 11.5 Å². The number of rotatable bonds is 3. The molecule has 0 aromatic carbocycles. The van der Waals surface area contributed by atoms with Gasteiger partial charge in [0, 0.05) is 13.1 Å². The quantitative estimate of drug-likeness (QED) is 0.809. The van der Waals surface area contributed by atoms with Gasteiger partial charge in [-0.05, 0) is 19.1 Å². The summed E-state index contributed by atoms with van der Waals surface area (Å²) < 4.78 is 5.22. The molecule has 1 amide bonds. The highest BCUT2D eigenvalue weighted by molar-refractivity contribution is 6.29. The first-order valence-corrected chi connectivity index (χ1v) is 6.51. The van der Waals surface area contributed by atoms with Crippen molar-refractivity contribution < 1.29 is 9.53 Å². The molecule has 0 radical (unpaired) electrons. The van der Waals surface area contributed by atoms with E-state index in [1.165, 1.54) is 0 Å². The Morgan fingerprint density at radius 3 is 2.89 bits per heavy atom. The number of nitrogens with zero attached hydrogens (tertiary/aromatic N) is 2. The van der Waals surface area contributed by atoms with Crippen LogP contribution < -0.4 is 11.1 Å². The van der Waals surface area contributed by atoms with Crippen molar-refractivity contribution >= 4 is 29.0 Å². The summed E-state index contributed by atoms with van der Waals surface area (Å²) in [5.74, 6) is 0.436. The normalized spacial score (nSPS) is 17.1. The molecule has 3 N–H and O–H groups in total. The SMILES string of the molecule is CC(Nc1nc(Cl)ccc1N)C(=O)N1CCOCC1. The molecule has 7 heteroatoms. The number of nitrogen functional groups attached to an aromatic ring is 1. The van der Waals surface area contributed by atoms with Crippen LogP contribution in [0.25, 0.3) is 0 Å². The molecular formula is C12H17ClN4O2. The summed E-state index contributed by atoms with van der Waals surface area (Å²) in [7, 11) is 0. The molecule has 104 valence electrons. The van der Waals surface area contributed by atoms with Crippen molar-refractivity contribution in [2.45, 2.75) is 13.0 Å². The van der Waals surface area contributed by atoms with Crippen molar-refractivity contribution in [3.05, 3.63) is 17.3 Å². The summed E-state index contributed by atoms with van der Waals surface area (Å²) in [5, 5.41) is 3.33. The van der Waals surface area contributed by atoms with Gasteiger partial charge in [0.15, 0.2) is 5.82 Å². The number of nitrogens with two attached hydrogens (primary N) is 1. The Labute approximate surface area is 116 Å². The number of carbonyl (C=O) groups is 1. The van der Waals surface area contributed by atoms with Gasteiger partial charge in [-0.15, -0.1) is 0 Å². The number of carbonyl (C=O) groups excluding carboxylic acids is 1. The molecule has 1 saturated heterocycles. The summed E-state index contributed by atoms with van der Waals surface area (Å²) in [6.07, 6.45) is 0. The van der Waals surface area contributed by atoms with E-state index < -0.39 is 6.04 Å². The standard InChI is InChI=1S/C12H17ClN4O2/c1-8(12(18)17-4-6-19-7-5-17)15-11-9(14)2-3-10(13)16-11/h2-3,8H,4-7,14H2,1H3,(H,15,16). The van der Waals surface area contributed by atoms with Crippen molar-refractivity contribution in [1.82, 2.24) is 9.88 Å². The van der Waals surface area contributed by atoms with Crippen LogP contribution in [0, 0.1) is 0 Å². The molecule has 1 fully saturated rings. The van der Waals surface area contributed by atoms with E-state index in [0.717, 1.165) is 0 Å². The summed E-state index contributed by atoms with van der Waals surface area (Å²) in [4.78, 5) is 18.0. The van der Waals surface area contributed by atoms with E-state index in [1.807, 2.05) is 0 Å². The van der Waals surface area contributed by atoms with Gasteiger partial charge >= 0.3 is 0 Å². The van der Waals surface area contributed by atoms with Gasteiger partial charge in [-0.2, -0.15) is 0 Å². The predicted molar refractivity (Wildman–Crippen MR) is 74.1 cm³/mol. The zero-order valence-electron chi connectivity index (χ0n) is 10.7. The fourth-order valence-electron chi connectivity index (χ4n) is 1.89. The van der Waals surface area contributed by atoms with Crippen LogP contribution in [0.5, 0.6) is 0 Å². The second-order valence-corrected chi connectivity index (χ2v) is 4.76. The van der Waals surface area contributed by atoms with E-state index in [1.54, 1.807) is 24.0 Å². The Morgan fingerprint density at radius 1 is 1.53 bits per heavy atom. The van der Waals surface area contributed by atoms with Gasteiger partial charge in [0.2, 0.25) is 5.91 Å². The van der Waals surface area contributed by atoms with Crippen LogP contribution in [0.2, 0.25) is 5.15 Å². The van der Waals surface area contributed by atoms with Crippen LogP contribution in [0.1, 0.15) is 6.92 Å². The van der Waals surface area contributed by atoms with Gasteiger partial charge in [-0.3, -0.25) is 4.79 Å². The van der Waals surface area contributed by atoms with Crippen molar-refractivity contribution in [2.24, 2.45) is 0 Å². The minimum atomic E-state index is -0.411. The average Bonchev–Trinajstić information content (AvgIpc) is 2.43. The van der Waals surface area contributed by atoms with Crippen molar-refractivity contribution in [1.29, 1.82) is 0 Å². The molecular weight excluding hydrogens is 268 g/mol. The third-order valence-corrected chi connectivity index (χ3v) is 3.15. The minimum Gasteiger partial charge on any atom is -0.396 e. The predicted octanol–water partition coefficient (Wildman–Crippen LogP) is 0.976. The Morgan fingerprint density at radius 2 is 2.21 bits per heavy atom. The number of pyridine rings is 1. The Kier molecular flexibility index (Phi) is 4.44. The fourth-order valence-corrected chi connectivity index (χ4v) is 2.03. The molecule has 0 bridgehead atoms. The molecule has 1 unspecified atom stereocenters. The third kappa shape index (κ3) is 3.48. The number of hydrogen-bond donors (Lipinski definition) is 2. The number of amides is 1. The molecule has 19 heavy (non-hydrogen) atoms. The van der Waals surface area contributed by atoms with Crippen LogP contribution in [0.3, 0.4) is 0 Å². The molecule has 6 nitrogen and oxygen atoms in total. The Hall–Kier alpha value is -1.53. The lowest BCUT2D eigenvalue weighted by molar-refractivity contribution is -0.135. The molecule has 1 aliphatic heterocycles. The summed E-state index contributed by atoms with van der Waals surface area (Å²) >= 11 is 5.81. The van der Waals surface area contributed by atoms with Gasteiger partial charge in [0.25, 0.3) is 0 Å². The van der Waals surface area contributed by atoms with E-state index in [0.29, 0.717) is 43.0 Å². The molecule has 2 heterocycles. The first-order chi connectivity index (χ1) is 9.08. The first-order valence-electron chi connectivity index (χ1n) is 6.13. The highest BCUT2D eigenvalue weighted by Crippen LogP contribution is 2.19. The molecule has 1 atom stereocenters. The second-order valence-electron chi connectivity index (χ2n) is 4.38. The summed E-state index contributed by atoms with van der Waals surface area (Å²) in [6, 6.07) is 2.85. The van der Waals surface area contributed by atoms with Crippen LogP contribution >= 0.6 is 11.6 Å². The maximum atomic E-state index is 12.2. The number of hydrogen-bond acceptors (Lipinski definition) is 5. The molecule has 0 spiro atoms. The van der Waals surface area contributed by atoms with Crippen molar-refractivity contribution in [2.75, 3.05) is 37.4 Å². The van der Waals surface area contributed by atoms with Gasteiger partial charge in [-0.25, -0.2) is 4.98 Å². The molecule has 0 saturated carbocycles. The molecule has 1 aliphatic rings. The Balaban J connectivity index is 2.01. The van der Waals surface area contributed by atoms with E-state index in [9.17, 15) is 4.79 Å². The van der Waals surface area contributed by atoms with Crippen molar-refractivity contribution in [3.8, 4) is 0 Å². The number of nitrogens with one attached hydrogen (secondary N) is 1. The van der Waals surface area contributed by atoms with E-state index >= 15 is 0 Å². The Bertz CT molecular complexity index is 463. The lowest BCUT2D eigenvalue weighted by Crippen LogP contribution is -2.47. The highest BCUT2D eigenvalue weighted by atomic mass is 35.5. The molecule has 0 aliphatic carbocycles. The molecule has 2 rings (SSSR count). The largest absolute Gasteiger partial charge is 0.396 e. The van der Waals surface area contributed by atoms with Gasteiger partial charge < -0.3 is 20.7 Å². The summed E-state index contributed by atoms with van der Waals surface area (Å²) in [5.41, 5.74) is 6.25. The van der Waals surface area contributed by atoms with Gasteiger partial charge in [0.1, 0.15) is 11.2 Å². The van der Waals surface area contributed by atoms with Crippen LogP contribution in [-0.4, -0.2) is 48.1 Å². The maximum absolute atomic E-state index is 12.2. The second kappa shape index (κ2) is 6.08. The molecule has 1 aromatic heterocycles. The number of anilines is 2. The molecule has 1 aromatic rings. The van der Waals surface area contributed by atoms with Crippen LogP contribution in [0.15, 0.2) is 12.1 Å². The number of ether oxygens (including phenoxy) is 1. The summed E-state index contributed by atoms with van der Waals surface area (Å²) in [6.45, 7) is 4.17. The first kappa shape index (κ1) is 13.9. The topological polar surface area (TPSA) is 80.5 Å². The zero-order valence-corrected chi connectivity index (χ0v) is 11.5. The lowest BCUT2D eigenvalue weighted by Gasteiger charge is -2.29. The monoisotopic (exact) mass is 284 g/mol. The smallest absolute Gasteiger partial charge is 0.244 e. The van der Waals surface area contributed by atoms with E-state index in [4.69, 9.17) is 22.1 Å². The van der Waals surface area contributed by atoms with Crippen LogP contribution in [-0.2, 0) is 9.53 Å². The van der Waals surface area contributed by atoms with E-state index in [2.05, 4.69) is 10.3 Å². The fraction of sp³-hybridized carbons (Fsp3) is 0.500. The maximum Gasteiger partial charge on any atom is 0.244 e. The number of morpholine rings is 1. The van der Waals surface area contributed by atoms with Gasteiger partial charge in [0.05, 0.1) is 18.9 Å². The number of aromatic nitrogens is 1. The van der Waals surface area contributed by atoms with E-state index in [-0.39, 0.29) is 5.91 Å². The van der Waals surface area contributed by atoms with Crippen molar-refractivity contribution in [3.63, 3.8) is 0 Å². The average molecular weight is 285 g/mol. The van der Waals surface area contributed by atoms with Gasteiger partial charge in [-0.1, -0.05) is 11.6 Å².